The lowest BCUT2D eigenvalue weighted by Gasteiger charge is -2.39. The first-order valence-electron chi connectivity index (χ1n) is 26.7. The summed E-state index contributed by atoms with van der Waals surface area (Å²) in [6, 6.07) is -0.738. The average Bonchev–Trinajstić information content (AvgIpc) is 3.55. The minimum absolute atomic E-state index is 0.0712. The highest BCUT2D eigenvalue weighted by atomic mass is 16.7. The summed E-state index contributed by atoms with van der Waals surface area (Å²) in [6.45, 7) is 13.5. The highest BCUT2D eigenvalue weighted by Gasteiger charge is 2.39. The molecule has 10 unspecified atom stereocenters. The molecule has 1 aliphatic heterocycles. The van der Waals surface area contributed by atoms with Crippen molar-refractivity contribution in [2.45, 2.75) is 136 Å². The molecule has 0 aromatic rings. The highest BCUT2D eigenvalue weighted by molar-refractivity contribution is 5.84. The van der Waals surface area contributed by atoms with Gasteiger partial charge in [-0.2, -0.15) is 0 Å². The van der Waals surface area contributed by atoms with Gasteiger partial charge in [0.05, 0.1) is 123 Å². The Bertz CT molecular complexity index is 1660. The van der Waals surface area contributed by atoms with Gasteiger partial charge in [0, 0.05) is 59.7 Å². The van der Waals surface area contributed by atoms with Gasteiger partial charge in [-0.25, -0.2) is 0 Å². The number of likely N-dealkylation sites (N-methyl/N-ethyl adjacent to an activating group) is 1. The Balaban J connectivity index is -0.000000346. The number of terminal acetylenes is 2. The summed E-state index contributed by atoms with van der Waals surface area (Å²) in [7, 11) is 1.80. The second kappa shape index (κ2) is 62.5. The largest absolute Gasteiger partial charge is 0.394 e. The van der Waals surface area contributed by atoms with Crippen molar-refractivity contribution in [3.8, 4) is 25.7 Å². The van der Waals surface area contributed by atoms with Gasteiger partial charge >= 0.3 is 0 Å². The van der Waals surface area contributed by atoms with Crippen LogP contribution < -0.4 is 42.5 Å². The molecule has 31 nitrogen and oxygen atoms in total. The topological polar surface area (TPSA) is 437 Å². The Morgan fingerprint density at radius 2 is 1.24 bits per heavy atom. The van der Waals surface area contributed by atoms with E-state index in [1.165, 1.54) is 27.7 Å². The Morgan fingerprint density at radius 1 is 0.687 bits per heavy atom. The Kier molecular flexibility index (Phi) is 64.9. The smallest absolute Gasteiger partial charge is 0.239 e. The predicted molar refractivity (Wildman–Crippen MR) is 300 cm³/mol. The lowest BCUT2D eigenvalue weighted by Crippen LogP contribution is -2.58. The molecule has 7 amide bonds. The van der Waals surface area contributed by atoms with E-state index in [1.54, 1.807) is 14.0 Å². The lowest BCUT2D eigenvalue weighted by atomic mass is 10.0. The monoisotopic (exact) mass is 1200 g/mol. The molecule has 0 aromatic heterocycles. The molecule has 0 radical (unpaired) electrons. The maximum absolute atomic E-state index is 11.5. The van der Waals surface area contributed by atoms with Gasteiger partial charge in [0.25, 0.3) is 0 Å². The quantitative estimate of drug-likeness (QED) is 0.0117. The summed E-state index contributed by atoms with van der Waals surface area (Å²) in [6.07, 6.45) is 11.1. The number of rotatable bonds is 42. The van der Waals surface area contributed by atoms with Crippen molar-refractivity contribution in [2.75, 3.05) is 126 Å². The van der Waals surface area contributed by atoms with E-state index in [1.807, 2.05) is 13.8 Å². The van der Waals surface area contributed by atoms with Crippen LogP contribution >= 0.6 is 0 Å². The molecule has 14 N–H and O–H groups in total. The van der Waals surface area contributed by atoms with Crippen LogP contribution in [0.2, 0.25) is 0 Å². The second-order valence-corrected chi connectivity index (χ2v) is 16.6. The first-order chi connectivity index (χ1) is 39.7. The van der Waals surface area contributed by atoms with Crippen molar-refractivity contribution in [1.82, 2.24) is 42.5 Å². The SMILES string of the molecule is C#C.C#C.CCC(=O)NCC(=O)NCCOCCOC1OC(CO)CC(O)C1NC(C)=O.CCC(CO)OC(CNC(C)=O)OCCOCCNC(=O)CNC=O.CCC=O.CNCCOCCOC(OC(CO)C(C)O)C(O)NC(C)=O. The van der Waals surface area contributed by atoms with Gasteiger partial charge in [0.15, 0.2) is 18.8 Å². The molecule has 10 atom stereocenters. The van der Waals surface area contributed by atoms with Gasteiger partial charge in [0.1, 0.15) is 18.4 Å². The Morgan fingerprint density at radius 3 is 1.70 bits per heavy atom. The number of aliphatic hydroxyl groups excluding tert-OH is 6. The highest BCUT2D eigenvalue weighted by Crippen LogP contribution is 2.21. The van der Waals surface area contributed by atoms with E-state index in [0.29, 0.717) is 52.0 Å². The van der Waals surface area contributed by atoms with Crippen LogP contribution in [0, 0.1) is 25.7 Å². The number of carbonyl (C=O) groups is 8. The molecular formula is C52H98N8O23. The number of aldehydes is 1. The van der Waals surface area contributed by atoms with Crippen LogP contribution in [0.25, 0.3) is 0 Å². The van der Waals surface area contributed by atoms with E-state index < -0.39 is 68.1 Å². The summed E-state index contributed by atoms with van der Waals surface area (Å²) in [5.74, 6) is -1.80. The molecule has 31 heteroatoms. The number of ether oxygens (including phenoxy) is 9. The lowest BCUT2D eigenvalue weighted by molar-refractivity contribution is -0.243. The summed E-state index contributed by atoms with van der Waals surface area (Å²) >= 11 is 0. The minimum atomic E-state index is -1.43. The minimum Gasteiger partial charge on any atom is -0.394 e. The first kappa shape index (κ1) is 86.2. The predicted octanol–water partition coefficient (Wildman–Crippen LogP) is -5.36. The number of amides is 7. The molecule has 1 aliphatic rings. The first-order valence-corrected chi connectivity index (χ1v) is 26.7. The summed E-state index contributed by atoms with van der Waals surface area (Å²) in [5, 5.41) is 77.2. The molecule has 0 spiro atoms. The number of hydrogen-bond acceptors (Lipinski definition) is 24. The summed E-state index contributed by atoms with van der Waals surface area (Å²) < 4.78 is 48.6. The molecule has 1 saturated heterocycles. The third-order valence-corrected chi connectivity index (χ3v) is 9.73. The maximum atomic E-state index is 11.5. The van der Waals surface area contributed by atoms with E-state index >= 15 is 0 Å². The summed E-state index contributed by atoms with van der Waals surface area (Å²) in [5.41, 5.74) is 0. The molecule has 0 bridgehead atoms. The molecule has 484 valence electrons. The average molecular weight is 1200 g/mol. The van der Waals surface area contributed by atoms with Crippen LogP contribution in [0.5, 0.6) is 0 Å². The van der Waals surface area contributed by atoms with Crippen molar-refractivity contribution in [3.63, 3.8) is 0 Å². The normalized spacial score (nSPS) is 16.9. The van der Waals surface area contributed by atoms with Crippen LogP contribution in [0.4, 0.5) is 0 Å². The molecule has 83 heavy (non-hydrogen) atoms. The van der Waals surface area contributed by atoms with Gasteiger partial charge in [-0.3, -0.25) is 33.6 Å². The van der Waals surface area contributed by atoms with Gasteiger partial charge in [-0.1, -0.05) is 20.8 Å². The fourth-order valence-electron chi connectivity index (χ4n) is 5.66. The molecule has 0 aromatic carbocycles. The number of carbonyl (C=O) groups excluding carboxylic acids is 8. The Labute approximate surface area is 488 Å². The molecule has 0 aliphatic carbocycles. The van der Waals surface area contributed by atoms with Crippen molar-refractivity contribution in [2.24, 2.45) is 0 Å². The van der Waals surface area contributed by atoms with Crippen LogP contribution in [0.15, 0.2) is 0 Å². The molecule has 1 heterocycles. The third kappa shape index (κ3) is 55.4. The van der Waals surface area contributed by atoms with E-state index in [-0.39, 0.29) is 128 Å². The number of aliphatic hydroxyl groups is 6. The van der Waals surface area contributed by atoms with E-state index in [4.69, 9.17) is 52.8 Å². The van der Waals surface area contributed by atoms with E-state index in [0.717, 1.165) is 6.29 Å². The fraction of sp³-hybridized carbons (Fsp3) is 0.769. The van der Waals surface area contributed by atoms with Gasteiger partial charge in [-0.05, 0) is 20.4 Å². The van der Waals surface area contributed by atoms with Gasteiger partial charge < -0.3 is 121 Å². The maximum Gasteiger partial charge on any atom is 0.239 e. The van der Waals surface area contributed by atoms with Gasteiger partial charge in [0.2, 0.25) is 48.1 Å². The van der Waals surface area contributed by atoms with Crippen LogP contribution in [-0.2, 0) is 81.0 Å². The zero-order chi connectivity index (χ0) is 64.2. The third-order valence-electron chi connectivity index (χ3n) is 9.73. The molecule has 1 fully saturated rings. The van der Waals surface area contributed by atoms with E-state index in [9.17, 15) is 58.8 Å². The zero-order valence-electron chi connectivity index (χ0n) is 49.4. The second-order valence-electron chi connectivity index (χ2n) is 16.6. The van der Waals surface area contributed by atoms with Gasteiger partial charge in [-0.15, -0.1) is 25.7 Å². The molecule has 1 rings (SSSR count). The molecule has 0 saturated carbocycles. The van der Waals surface area contributed by atoms with Crippen molar-refractivity contribution >= 4 is 48.1 Å². The van der Waals surface area contributed by atoms with Crippen molar-refractivity contribution < 1.29 is 112 Å². The summed E-state index contributed by atoms with van der Waals surface area (Å²) in [4.78, 5) is 86.2. The number of nitrogens with one attached hydrogen (secondary N) is 8. The molecular weight excluding hydrogens is 1100 g/mol. The number of hydrogen-bond donors (Lipinski definition) is 14. The fourth-order valence-corrected chi connectivity index (χ4v) is 5.66. The zero-order valence-corrected chi connectivity index (χ0v) is 49.4. The standard InChI is InChI=1S/C17H31N3O8.C15H29N3O7.C13H28N2O7.C3H6O.2C2H2/c1-3-14(24)19-9-15(25)18-4-5-26-6-7-27-17-16(20-11(2)22)13(23)8-12(10-21)28-17;1-3-13(10-19)25-15(9-18-12(2)21)24-7-6-23-5-4-17-14(22)8-16-11-20;1-9(17)11(8-16)22-13(12(19)15-10(2)18)21-7-6-20-5-4-14-3;1-2-3-4;2*1-2/h12-13,16-17,21,23H,3-10H2,1-2H3,(H,18,25)(H,19,24)(H,20,22);11,13,15,19H,3-10H2,1-2H3,(H,16,20)(H,17,22)(H,18,21);9,11-14,16-17,19H,4-8H2,1-3H3,(H,15,18);3H,2H2,1H3;2*1-2H. The van der Waals surface area contributed by atoms with Crippen LogP contribution in [0.1, 0.15) is 74.1 Å². The van der Waals surface area contributed by atoms with Crippen molar-refractivity contribution in [3.05, 3.63) is 0 Å². The van der Waals surface area contributed by atoms with E-state index in [2.05, 4.69) is 68.2 Å². The van der Waals surface area contributed by atoms with Crippen LogP contribution in [0.3, 0.4) is 0 Å². The Hall–Kier alpha value is -5.56. The van der Waals surface area contributed by atoms with Crippen molar-refractivity contribution in [1.29, 1.82) is 0 Å². The van der Waals surface area contributed by atoms with Crippen LogP contribution in [-0.4, -0.2) is 266 Å².